The summed E-state index contributed by atoms with van der Waals surface area (Å²) in [5.41, 5.74) is 3.94. The number of rotatable bonds is 1. The Balaban J connectivity index is 0.000000615. The summed E-state index contributed by atoms with van der Waals surface area (Å²) >= 11 is 0. The van der Waals surface area contributed by atoms with Gasteiger partial charge < -0.3 is 0 Å². The maximum Gasteiger partial charge on any atom is 0.266 e. The van der Waals surface area contributed by atoms with Crippen molar-refractivity contribution in [3.05, 3.63) is 70.3 Å². The Morgan fingerprint density at radius 2 is 1.43 bits per heavy atom. The zero-order valence-corrected chi connectivity index (χ0v) is 14.9. The lowest BCUT2D eigenvalue weighted by atomic mass is 10.1. The lowest BCUT2D eigenvalue weighted by Gasteiger charge is -2.09. The minimum absolute atomic E-state index is 0.00759. The largest absolute Gasteiger partial charge is 0.268 e. The number of aryl methyl sites for hydroxylation is 2. The van der Waals surface area contributed by atoms with Crippen molar-refractivity contribution in [2.45, 2.75) is 41.5 Å². The van der Waals surface area contributed by atoms with Crippen LogP contribution in [0, 0.1) is 13.8 Å². The highest BCUT2D eigenvalue weighted by Crippen LogP contribution is 2.18. The highest BCUT2D eigenvalue weighted by Gasteiger charge is 2.12. The van der Waals surface area contributed by atoms with Gasteiger partial charge in [0, 0.05) is 5.69 Å². The second kappa shape index (κ2) is 8.89. The Hall–Kier alpha value is -2.42. The molecule has 1 aromatic carbocycles. The van der Waals surface area contributed by atoms with Crippen molar-refractivity contribution in [3.8, 4) is 11.1 Å². The van der Waals surface area contributed by atoms with E-state index in [0.29, 0.717) is 11.2 Å². The van der Waals surface area contributed by atoms with Gasteiger partial charge in [0.05, 0.1) is 11.3 Å². The molecule has 0 amide bonds. The molecular formula is C20H26N2O. The van der Waals surface area contributed by atoms with Crippen LogP contribution in [-0.4, -0.2) is 9.38 Å². The first-order valence-corrected chi connectivity index (χ1v) is 8.23. The zero-order valence-electron chi connectivity index (χ0n) is 14.9. The monoisotopic (exact) mass is 310 g/mol. The van der Waals surface area contributed by atoms with Gasteiger partial charge in [-0.2, -0.15) is 0 Å². The second-order valence-corrected chi connectivity index (χ2v) is 4.60. The summed E-state index contributed by atoms with van der Waals surface area (Å²) < 4.78 is 1.66. The van der Waals surface area contributed by atoms with Crippen molar-refractivity contribution in [2.75, 3.05) is 0 Å². The topological polar surface area (TPSA) is 34.4 Å². The predicted octanol–water partition coefficient (Wildman–Crippen LogP) is 5.03. The number of fused-ring (bicyclic) bond motifs is 1. The number of hydrogen-bond acceptors (Lipinski definition) is 2. The average molecular weight is 310 g/mol. The Morgan fingerprint density at radius 3 is 2.04 bits per heavy atom. The Morgan fingerprint density at radius 1 is 0.826 bits per heavy atom. The molecule has 23 heavy (non-hydrogen) atoms. The van der Waals surface area contributed by atoms with Crippen molar-refractivity contribution >= 4 is 5.65 Å². The molecule has 2 aromatic heterocycles. The van der Waals surface area contributed by atoms with E-state index in [2.05, 4.69) is 4.98 Å². The van der Waals surface area contributed by atoms with E-state index in [1.54, 1.807) is 4.40 Å². The van der Waals surface area contributed by atoms with Gasteiger partial charge in [0.1, 0.15) is 5.65 Å². The van der Waals surface area contributed by atoms with Crippen LogP contribution in [0.2, 0.25) is 0 Å². The molecule has 0 fully saturated rings. The van der Waals surface area contributed by atoms with Gasteiger partial charge in [-0.3, -0.25) is 9.20 Å². The maximum atomic E-state index is 12.7. The van der Waals surface area contributed by atoms with Crippen LogP contribution in [0.5, 0.6) is 0 Å². The van der Waals surface area contributed by atoms with E-state index in [0.717, 1.165) is 17.0 Å². The smallest absolute Gasteiger partial charge is 0.266 e. The van der Waals surface area contributed by atoms with Crippen molar-refractivity contribution in [3.63, 3.8) is 0 Å². The standard InChI is InChI=1S/C16H14N2O.2C2H6/c1-11-7-6-10-14-17-12(2)15(16(19)18(11)14)13-8-4-3-5-9-13;2*1-2/h3-10H,1-2H3;2*1-2H3. The number of pyridine rings is 1. The number of nitrogens with zero attached hydrogens (tertiary/aromatic N) is 2. The molecule has 0 radical (unpaired) electrons. The average Bonchev–Trinajstić information content (AvgIpc) is 2.59. The lowest BCUT2D eigenvalue weighted by molar-refractivity contribution is 0.976. The fourth-order valence-corrected chi connectivity index (χ4v) is 2.39. The summed E-state index contributed by atoms with van der Waals surface area (Å²) in [6, 6.07) is 15.4. The van der Waals surface area contributed by atoms with Crippen molar-refractivity contribution < 1.29 is 0 Å². The van der Waals surface area contributed by atoms with E-state index in [9.17, 15) is 4.79 Å². The van der Waals surface area contributed by atoms with E-state index < -0.39 is 0 Å². The second-order valence-electron chi connectivity index (χ2n) is 4.60. The molecule has 3 aromatic rings. The van der Waals surface area contributed by atoms with Crippen molar-refractivity contribution in [1.82, 2.24) is 9.38 Å². The van der Waals surface area contributed by atoms with Gasteiger partial charge in [0.2, 0.25) is 0 Å². The molecule has 0 aliphatic carbocycles. The van der Waals surface area contributed by atoms with Gasteiger partial charge >= 0.3 is 0 Å². The third-order valence-corrected chi connectivity index (χ3v) is 3.29. The number of aromatic nitrogens is 2. The third-order valence-electron chi connectivity index (χ3n) is 3.29. The number of hydrogen-bond donors (Lipinski definition) is 0. The van der Waals surface area contributed by atoms with Crippen LogP contribution in [0.4, 0.5) is 0 Å². The highest BCUT2D eigenvalue weighted by atomic mass is 16.1. The van der Waals surface area contributed by atoms with Gasteiger partial charge in [-0.05, 0) is 31.5 Å². The molecule has 122 valence electrons. The molecule has 3 heteroatoms. The molecule has 0 aliphatic rings. The zero-order chi connectivity index (χ0) is 17.4. The summed E-state index contributed by atoms with van der Waals surface area (Å²) in [6.07, 6.45) is 0. The van der Waals surface area contributed by atoms with Crippen LogP contribution >= 0.6 is 0 Å². The molecule has 0 spiro atoms. The van der Waals surface area contributed by atoms with Crippen LogP contribution in [0.3, 0.4) is 0 Å². The highest BCUT2D eigenvalue weighted by molar-refractivity contribution is 5.66. The molecule has 0 saturated heterocycles. The Kier molecular flexibility index (Phi) is 7.20. The van der Waals surface area contributed by atoms with E-state index in [1.165, 1.54) is 0 Å². The van der Waals surface area contributed by atoms with Crippen molar-refractivity contribution in [1.29, 1.82) is 0 Å². The molecule has 0 saturated carbocycles. The van der Waals surface area contributed by atoms with Gasteiger partial charge in [-0.25, -0.2) is 4.98 Å². The summed E-state index contributed by atoms with van der Waals surface area (Å²) in [6.45, 7) is 11.8. The minimum atomic E-state index is -0.00759. The summed E-state index contributed by atoms with van der Waals surface area (Å²) in [5.74, 6) is 0. The third kappa shape index (κ3) is 3.86. The molecule has 0 N–H and O–H groups in total. The van der Waals surface area contributed by atoms with Gasteiger partial charge in [-0.15, -0.1) is 0 Å². The molecule has 3 nitrogen and oxygen atoms in total. The summed E-state index contributed by atoms with van der Waals surface area (Å²) in [4.78, 5) is 17.2. The van der Waals surface area contributed by atoms with Crippen LogP contribution in [-0.2, 0) is 0 Å². The predicted molar refractivity (Wildman–Crippen MR) is 99.1 cm³/mol. The minimum Gasteiger partial charge on any atom is -0.268 e. The first-order valence-electron chi connectivity index (χ1n) is 8.23. The number of benzene rings is 1. The summed E-state index contributed by atoms with van der Waals surface area (Å²) in [5, 5.41) is 0. The van der Waals surface area contributed by atoms with E-state index in [4.69, 9.17) is 0 Å². The van der Waals surface area contributed by atoms with Gasteiger partial charge in [-0.1, -0.05) is 64.1 Å². The summed E-state index contributed by atoms with van der Waals surface area (Å²) in [7, 11) is 0. The SMILES string of the molecule is CC.CC.Cc1nc2cccc(C)n2c(=O)c1-c1ccccc1. The van der Waals surface area contributed by atoms with Crippen molar-refractivity contribution in [2.24, 2.45) is 0 Å². The molecular weight excluding hydrogens is 284 g/mol. The van der Waals surface area contributed by atoms with Crippen LogP contribution < -0.4 is 5.56 Å². The molecule has 0 unspecified atom stereocenters. The Labute approximate surface area is 138 Å². The maximum absolute atomic E-state index is 12.7. The van der Waals surface area contributed by atoms with Crippen LogP contribution in [0.1, 0.15) is 39.1 Å². The molecule has 2 heterocycles. The fourth-order valence-electron chi connectivity index (χ4n) is 2.39. The normalized spacial score (nSPS) is 9.48. The molecule has 0 bridgehead atoms. The Bertz CT molecular complexity index is 805. The first-order chi connectivity index (χ1) is 11.2. The lowest BCUT2D eigenvalue weighted by Crippen LogP contribution is -2.20. The van der Waals surface area contributed by atoms with E-state index in [-0.39, 0.29) is 5.56 Å². The molecule has 0 aliphatic heterocycles. The van der Waals surface area contributed by atoms with Crippen LogP contribution in [0.25, 0.3) is 16.8 Å². The fraction of sp³-hybridized carbons (Fsp3) is 0.300. The van der Waals surface area contributed by atoms with Gasteiger partial charge in [0.15, 0.2) is 0 Å². The first kappa shape index (κ1) is 18.6. The molecule has 0 atom stereocenters. The van der Waals surface area contributed by atoms with E-state index >= 15 is 0 Å². The quantitative estimate of drug-likeness (QED) is 0.631. The molecule has 3 rings (SSSR count). The van der Waals surface area contributed by atoms with Gasteiger partial charge in [0.25, 0.3) is 5.56 Å². The van der Waals surface area contributed by atoms with Crippen LogP contribution in [0.15, 0.2) is 53.3 Å². The van der Waals surface area contributed by atoms with E-state index in [1.807, 2.05) is 90.1 Å².